The van der Waals surface area contributed by atoms with Gasteiger partial charge >= 0.3 is 0 Å². The molecule has 0 aliphatic rings. The van der Waals surface area contributed by atoms with Crippen LogP contribution >= 0.6 is 23.2 Å². The van der Waals surface area contributed by atoms with Crippen molar-refractivity contribution in [1.82, 2.24) is 9.78 Å². The average molecular weight is 400 g/mol. The van der Waals surface area contributed by atoms with Gasteiger partial charge in [-0.15, -0.1) is 0 Å². The molecule has 0 saturated heterocycles. The van der Waals surface area contributed by atoms with Crippen molar-refractivity contribution in [2.24, 2.45) is 0 Å². The molecule has 5 nitrogen and oxygen atoms in total. The second kappa shape index (κ2) is 7.03. The average Bonchev–Trinajstić information content (AvgIpc) is 2.98. The topological polar surface area (TPSA) is 64.0 Å². The Morgan fingerprint density at radius 2 is 1.92 bits per heavy atom. The minimum absolute atomic E-state index is 0.0515. The molecule has 1 heterocycles. The van der Waals surface area contributed by atoms with Crippen molar-refractivity contribution in [2.75, 3.05) is 4.72 Å². The Hall–Kier alpha value is -2.09. The molecule has 9 heteroatoms. The molecule has 0 aliphatic carbocycles. The largest absolute Gasteiger partial charge is 0.276 e. The molecule has 2 aromatic carbocycles. The first kappa shape index (κ1) is 17.7. The summed E-state index contributed by atoms with van der Waals surface area (Å²) in [5.41, 5.74) is 0.672. The van der Waals surface area contributed by atoms with E-state index in [1.165, 1.54) is 41.3 Å². The van der Waals surface area contributed by atoms with Gasteiger partial charge in [0, 0.05) is 16.8 Å². The summed E-state index contributed by atoms with van der Waals surface area (Å²) in [6.07, 6.45) is 2.79. The van der Waals surface area contributed by atoms with E-state index in [0.29, 0.717) is 5.56 Å². The highest BCUT2D eigenvalue weighted by Crippen LogP contribution is 2.26. The van der Waals surface area contributed by atoms with Crippen LogP contribution < -0.4 is 4.72 Å². The number of benzene rings is 2. The van der Waals surface area contributed by atoms with Crippen molar-refractivity contribution < 1.29 is 12.8 Å². The fraction of sp³-hybridized carbons (Fsp3) is 0.0625. The second-order valence-electron chi connectivity index (χ2n) is 5.20. The normalized spacial score (nSPS) is 11.5. The fourth-order valence-corrected chi connectivity index (χ4v) is 3.99. The van der Waals surface area contributed by atoms with Gasteiger partial charge in [0.05, 0.1) is 23.5 Å². The minimum Gasteiger partial charge on any atom is -0.276 e. The highest BCUT2D eigenvalue weighted by molar-refractivity contribution is 7.92. The summed E-state index contributed by atoms with van der Waals surface area (Å²) in [5, 5.41) is 4.34. The van der Waals surface area contributed by atoms with Crippen LogP contribution in [0.15, 0.2) is 59.8 Å². The van der Waals surface area contributed by atoms with Crippen molar-refractivity contribution >= 4 is 38.9 Å². The van der Waals surface area contributed by atoms with Crippen molar-refractivity contribution in [2.45, 2.75) is 11.4 Å². The lowest BCUT2D eigenvalue weighted by Crippen LogP contribution is -2.13. The van der Waals surface area contributed by atoms with E-state index < -0.39 is 10.0 Å². The van der Waals surface area contributed by atoms with E-state index in [4.69, 9.17) is 23.2 Å². The molecule has 3 aromatic rings. The molecule has 25 heavy (non-hydrogen) atoms. The van der Waals surface area contributed by atoms with Gasteiger partial charge < -0.3 is 0 Å². The Balaban J connectivity index is 1.81. The van der Waals surface area contributed by atoms with Gasteiger partial charge in [-0.2, -0.15) is 5.10 Å². The monoisotopic (exact) mass is 399 g/mol. The van der Waals surface area contributed by atoms with Crippen LogP contribution in [0.3, 0.4) is 0 Å². The maximum atomic E-state index is 13.7. The van der Waals surface area contributed by atoms with Gasteiger partial charge in [0.15, 0.2) is 0 Å². The van der Waals surface area contributed by atoms with E-state index in [9.17, 15) is 12.8 Å². The molecule has 0 radical (unpaired) electrons. The van der Waals surface area contributed by atoms with Crippen LogP contribution in [-0.4, -0.2) is 18.2 Å². The number of nitrogens with zero attached hydrogens (tertiary/aromatic N) is 2. The summed E-state index contributed by atoms with van der Waals surface area (Å²) in [6.45, 7) is 0.173. The number of halogens is 3. The highest BCUT2D eigenvalue weighted by Gasteiger charge is 2.19. The summed E-state index contributed by atoms with van der Waals surface area (Å²) in [5.74, 6) is -0.356. The van der Waals surface area contributed by atoms with Gasteiger partial charge in [-0.1, -0.05) is 41.4 Å². The standard InChI is InChI=1S/C16H12Cl2FN3O2S/c17-12-5-6-14(18)16(7-12)25(23,24)21-13-8-20-22(10-13)9-11-3-1-2-4-15(11)19/h1-8,10,21H,9H2. The van der Waals surface area contributed by atoms with Crippen LogP contribution in [0, 0.1) is 5.82 Å². The lowest BCUT2D eigenvalue weighted by molar-refractivity contribution is 0.585. The van der Waals surface area contributed by atoms with Crippen LogP contribution in [0.5, 0.6) is 0 Å². The number of anilines is 1. The van der Waals surface area contributed by atoms with Crippen LogP contribution in [0.1, 0.15) is 5.56 Å². The molecule has 0 saturated carbocycles. The first-order valence-electron chi connectivity index (χ1n) is 7.09. The Kier molecular flexibility index (Phi) is 4.99. The van der Waals surface area contributed by atoms with Crippen molar-refractivity contribution in [3.8, 4) is 0 Å². The van der Waals surface area contributed by atoms with E-state index in [-0.39, 0.29) is 33.0 Å². The lowest BCUT2D eigenvalue weighted by atomic mass is 10.2. The van der Waals surface area contributed by atoms with E-state index in [1.807, 2.05) is 0 Å². The molecule has 1 N–H and O–H groups in total. The zero-order chi connectivity index (χ0) is 18.0. The molecular formula is C16H12Cl2FN3O2S. The summed E-state index contributed by atoms with van der Waals surface area (Å²) in [6, 6.07) is 10.4. The van der Waals surface area contributed by atoms with Crippen molar-refractivity contribution in [3.63, 3.8) is 0 Å². The number of rotatable bonds is 5. The molecule has 0 unspecified atom stereocenters. The third-order valence-corrected chi connectivity index (χ3v) is 5.46. The van der Waals surface area contributed by atoms with Crippen molar-refractivity contribution in [3.05, 3.63) is 76.3 Å². The maximum absolute atomic E-state index is 13.7. The lowest BCUT2D eigenvalue weighted by Gasteiger charge is -2.08. The Morgan fingerprint density at radius 3 is 2.68 bits per heavy atom. The minimum atomic E-state index is -3.93. The Labute approximate surface area is 154 Å². The first-order valence-corrected chi connectivity index (χ1v) is 9.33. The quantitative estimate of drug-likeness (QED) is 0.699. The summed E-state index contributed by atoms with van der Waals surface area (Å²) >= 11 is 11.8. The molecule has 3 rings (SSSR count). The summed E-state index contributed by atoms with van der Waals surface area (Å²) in [4.78, 5) is -0.136. The van der Waals surface area contributed by atoms with Gasteiger partial charge in [-0.25, -0.2) is 12.8 Å². The molecule has 0 bridgehead atoms. The van der Waals surface area contributed by atoms with Crippen molar-refractivity contribution in [1.29, 1.82) is 0 Å². The molecule has 0 spiro atoms. The van der Waals surface area contributed by atoms with Crippen LogP contribution in [0.25, 0.3) is 0 Å². The summed E-state index contributed by atoms with van der Waals surface area (Å²) in [7, 11) is -3.93. The van der Waals surface area contributed by atoms with Gasteiger partial charge in [0.25, 0.3) is 10.0 Å². The van der Waals surface area contributed by atoms with Gasteiger partial charge in [0.2, 0.25) is 0 Å². The number of aromatic nitrogens is 2. The Morgan fingerprint density at radius 1 is 1.16 bits per heavy atom. The molecule has 0 amide bonds. The molecule has 130 valence electrons. The molecule has 1 aromatic heterocycles. The van der Waals surface area contributed by atoms with E-state index >= 15 is 0 Å². The molecule has 0 fully saturated rings. The maximum Gasteiger partial charge on any atom is 0.263 e. The molecule has 0 aliphatic heterocycles. The summed E-state index contributed by atoms with van der Waals surface area (Å²) < 4.78 is 42.4. The number of hydrogen-bond donors (Lipinski definition) is 1. The number of hydrogen-bond acceptors (Lipinski definition) is 3. The van der Waals surface area contributed by atoms with Gasteiger partial charge in [-0.05, 0) is 24.3 Å². The Bertz CT molecular complexity index is 1020. The van der Waals surface area contributed by atoms with Gasteiger partial charge in [0.1, 0.15) is 10.7 Å². The predicted octanol–water partition coefficient (Wildman–Crippen LogP) is 4.18. The zero-order valence-electron chi connectivity index (χ0n) is 12.7. The zero-order valence-corrected chi connectivity index (χ0v) is 15.0. The molecular weight excluding hydrogens is 388 g/mol. The van der Waals surface area contributed by atoms with Crippen LogP contribution in [0.4, 0.5) is 10.1 Å². The molecule has 0 atom stereocenters. The third kappa shape index (κ3) is 4.12. The fourth-order valence-electron chi connectivity index (χ4n) is 2.20. The van der Waals surface area contributed by atoms with E-state index in [0.717, 1.165) is 0 Å². The third-order valence-electron chi connectivity index (χ3n) is 3.36. The predicted molar refractivity (Wildman–Crippen MR) is 95.0 cm³/mol. The van der Waals surface area contributed by atoms with E-state index in [1.54, 1.807) is 18.2 Å². The second-order valence-corrected chi connectivity index (χ2v) is 7.69. The SMILES string of the molecule is O=S(=O)(Nc1cnn(Cc2ccccc2F)c1)c1cc(Cl)ccc1Cl. The smallest absolute Gasteiger partial charge is 0.263 e. The van der Waals surface area contributed by atoms with Crippen LogP contribution in [0.2, 0.25) is 10.0 Å². The van der Waals surface area contributed by atoms with Gasteiger partial charge in [-0.3, -0.25) is 9.40 Å². The number of nitrogens with one attached hydrogen (secondary N) is 1. The first-order chi connectivity index (χ1) is 11.8. The van der Waals surface area contributed by atoms with Crippen LogP contribution in [-0.2, 0) is 16.6 Å². The highest BCUT2D eigenvalue weighted by atomic mass is 35.5. The van der Waals surface area contributed by atoms with E-state index in [2.05, 4.69) is 9.82 Å². The number of sulfonamides is 1.